The molecule has 2 aliphatic rings. The molecule has 2 aromatic rings. The van der Waals surface area contributed by atoms with Gasteiger partial charge in [-0.1, -0.05) is 0 Å². The standard InChI is InChI=1S/C21H30N6O3/c1-25(2)21-22-13-16-18(24-21)12-17(23-20(16)29)15-4-3-6-27(14-15)19(28)5-7-26-8-10-30-11-9-26/h12-13,15H,3-11,14H2,1-2H3,(H,23,29). The Morgan fingerprint density at radius 2 is 2.10 bits per heavy atom. The molecule has 0 saturated carbocycles. The molecule has 30 heavy (non-hydrogen) atoms. The summed E-state index contributed by atoms with van der Waals surface area (Å²) in [6.07, 6.45) is 3.98. The van der Waals surface area contributed by atoms with Crippen LogP contribution in [0.4, 0.5) is 5.95 Å². The number of aromatic nitrogens is 3. The molecular weight excluding hydrogens is 384 g/mol. The number of anilines is 1. The molecule has 2 aliphatic heterocycles. The van der Waals surface area contributed by atoms with Gasteiger partial charge >= 0.3 is 0 Å². The van der Waals surface area contributed by atoms with Crippen molar-refractivity contribution in [2.45, 2.75) is 25.2 Å². The second-order valence-corrected chi connectivity index (χ2v) is 8.30. The largest absolute Gasteiger partial charge is 0.379 e. The zero-order chi connectivity index (χ0) is 21.1. The molecule has 0 radical (unpaired) electrons. The molecule has 162 valence electrons. The average molecular weight is 415 g/mol. The fraction of sp³-hybridized carbons (Fsp3) is 0.619. The number of carbonyl (C=O) groups is 1. The third kappa shape index (κ3) is 4.62. The topological polar surface area (TPSA) is 94.7 Å². The molecule has 2 saturated heterocycles. The Balaban J connectivity index is 1.46. The molecule has 1 N–H and O–H groups in total. The van der Waals surface area contributed by atoms with Crippen LogP contribution in [0.25, 0.3) is 10.9 Å². The highest BCUT2D eigenvalue weighted by molar-refractivity contribution is 5.78. The van der Waals surface area contributed by atoms with Gasteiger partial charge in [0.2, 0.25) is 11.9 Å². The van der Waals surface area contributed by atoms with Gasteiger partial charge in [0, 0.05) is 71.0 Å². The molecule has 0 aromatic carbocycles. The first-order valence-electron chi connectivity index (χ1n) is 10.7. The molecule has 1 amide bonds. The number of ether oxygens (including phenoxy) is 1. The van der Waals surface area contributed by atoms with Crippen LogP contribution in [0.1, 0.15) is 30.9 Å². The van der Waals surface area contributed by atoms with E-state index in [-0.39, 0.29) is 17.4 Å². The van der Waals surface area contributed by atoms with E-state index in [0.29, 0.717) is 29.8 Å². The Kier molecular flexibility index (Phi) is 6.29. The summed E-state index contributed by atoms with van der Waals surface area (Å²) in [5.41, 5.74) is 1.31. The highest BCUT2D eigenvalue weighted by atomic mass is 16.5. The number of fused-ring (bicyclic) bond motifs is 1. The lowest BCUT2D eigenvalue weighted by Gasteiger charge is -2.34. The van der Waals surface area contributed by atoms with Crippen molar-refractivity contribution in [3.8, 4) is 0 Å². The number of nitrogens with one attached hydrogen (secondary N) is 1. The highest BCUT2D eigenvalue weighted by Gasteiger charge is 2.26. The van der Waals surface area contributed by atoms with Gasteiger partial charge in [-0.2, -0.15) is 0 Å². The summed E-state index contributed by atoms with van der Waals surface area (Å²) in [5, 5.41) is 0.485. The molecular formula is C21H30N6O3. The van der Waals surface area contributed by atoms with E-state index in [4.69, 9.17) is 4.74 Å². The molecule has 2 aromatic heterocycles. The second kappa shape index (κ2) is 9.09. The van der Waals surface area contributed by atoms with E-state index in [1.54, 1.807) is 6.20 Å². The van der Waals surface area contributed by atoms with Gasteiger partial charge in [-0.15, -0.1) is 0 Å². The van der Waals surface area contributed by atoms with E-state index >= 15 is 0 Å². The first-order chi connectivity index (χ1) is 14.5. The van der Waals surface area contributed by atoms with E-state index < -0.39 is 0 Å². The van der Waals surface area contributed by atoms with Crippen LogP contribution in [0.5, 0.6) is 0 Å². The van der Waals surface area contributed by atoms with Gasteiger partial charge < -0.3 is 19.5 Å². The van der Waals surface area contributed by atoms with Crippen molar-refractivity contribution in [3.05, 3.63) is 28.3 Å². The lowest BCUT2D eigenvalue weighted by atomic mass is 9.93. The lowest BCUT2D eigenvalue weighted by Crippen LogP contribution is -2.42. The fourth-order valence-corrected chi connectivity index (χ4v) is 4.18. The van der Waals surface area contributed by atoms with E-state index in [1.165, 1.54) is 0 Å². The number of rotatable bonds is 5. The maximum absolute atomic E-state index is 12.8. The first kappa shape index (κ1) is 20.7. The van der Waals surface area contributed by atoms with Gasteiger partial charge in [0.25, 0.3) is 5.56 Å². The van der Waals surface area contributed by atoms with E-state index in [9.17, 15) is 9.59 Å². The van der Waals surface area contributed by atoms with Crippen LogP contribution in [0.3, 0.4) is 0 Å². The summed E-state index contributed by atoms with van der Waals surface area (Å²) in [6, 6.07) is 1.94. The van der Waals surface area contributed by atoms with E-state index in [1.807, 2.05) is 30.0 Å². The number of nitrogens with zero attached hydrogens (tertiary/aromatic N) is 5. The lowest BCUT2D eigenvalue weighted by molar-refractivity contribution is -0.133. The molecule has 0 spiro atoms. The van der Waals surface area contributed by atoms with Crippen molar-refractivity contribution >= 4 is 22.8 Å². The molecule has 2 fully saturated rings. The van der Waals surface area contributed by atoms with Crippen LogP contribution in [0, 0.1) is 0 Å². The number of carbonyl (C=O) groups excluding carboxylic acids is 1. The van der Waals surface area contributed by atoms with Gasteiger partial charge in [0.15, 0.2) is 0 Å². The summed E-state index contributed by atoms with van der Waals surface area (Å²) in [6.45, 7) is 5.47. The van der Waals surface area contributed by atoms with Crippen LogP contribution in [0.2, 0.25) is 0 Å². The highest BCUT2D eigenvalue weighted by Crippen LogP contribution is 2.27. The predicted octanol–water partition coefficient (Wildman–Crippen LogP) is 0.812. The molecule has 0 aliphatic carbocycles. The van der Waals surface area contributed by atoms with Gasteiger partial charge in [0.1, 0.15) is 0 Å². The Morgan fingerprint density at radius 3 is 2.87 bits per heavy atom. The van der Waals surface area contributed by atoms with Crippen molar-refractivity contribution in [2.75, 3.05) is 64.9 Å². The van der Waals surface area contributed by atoms with Crippen molar-refractivity contribution in [1.82, 2.24) is 24.8 Å². The minimum Gasteiger partial charge on any atom is -0.379 e. The zero-order valence-electron chi connectivity index (χ0n) is 17.8. The second-order valence-electron chi connectivity index (χ2n) is 8.30. The molecule has 4 rings (SSSR count). The molecule has 1 unspecified atom stereocenters. The van der Waals surface area contributed by atoms with Crippen LogP contribution in [-0.2, 0) is 9.53 Å². The minimum absolute atomic E-state index is 0.112. The third-order valence-corrected chi connectivity index (χ3v) is 5.96. The number of likely N-dealkylation sites (tertiary alicyclic amines) is 1. The normalized spacial score (nSPS) is 20.5. The number of amides is 1. The van der Waals surface area contributed by atoms with Crippen molar-refractivity contribution in [3.63, 3.8) is 0 Å². The molecule has 9 heteroatoms. The number of aromatic amines is 1. The number of hydrogen-bond donors (Lipinski definition) is 1. The molecule has 1 atom stereocenters. The van der Waals surface area contributed by atoms with E-state index in [2.05, 4.69) is 19.9 Å². The van der Waals surface area contributed by atoms with Gasteiger partial charge in [-0.05, 0) is 18.9 Å². The fourth-order valence-electron chi connectivity index (χ4n) is 4.18. The average Bonchev–Trinajstić information content (AvgIpc) is 2.77. The SMILES string of the molecule is CN(C)c1ncc2c(=O)[nH]c(C3CCCN(C(=O)CCN4CCOCC4)C3)cc2n1. The number of hydrogen-bond acceptors (Lipinski definition) is 7. The van der Waals surface area contributed by atoms with Crippen LogP contribution in [-0.4, -0.2) is 90.7 Å². The maximum atomic E-state index is 12.8. The quantitative estimate of drug-likeness (QED) is 0.774. The minimum atomic E-state index is -0.177. The van der Waals surface area contributed by atoms with Gasteiger partial charge in [-0.3, -0.25) is 14.5 Å². The predicted molar refractivity (Wildman–Crippen MR) is 115 cm³/mol. The first-order valence-corrected chi connectivity index (χ1v) is 10.7. The molecule has 9 nitrogen and oxygen atoms in total. The van der Waals surface area contributed by atoms with Gasteiger partial charge in [0.05, 0.1) is 24.1 Å². The summed E-state index contributed by atoms with van der Waals surface area (Å²) in [4.78, 5) is 43.2. The monoisotopic (exact) mass is 414 g/mol. The van der Waals surface area contributed by atoms with Gasteiger partial charge in [-0.25, -0.2) is 9.97 Å². The Bertz CT molecular complexity index is 953. The van der Waals surface area contributed by atoms with Crippen molar-refractivity contribution < 1.29 is 9.53 Å². The molecule has 0 bridgehead atoms. The summed E-state index contributed by atoms with van der Waals surface area (Å²) in [7, 11) is 3.74. The Morgan fingerprint density at radius 1 is 1.30 bits per heavy atom. The summed E-state index contributed by atoms with van der Waals surface area (Å²) < 4.78 is 5.37. The number of morpholine rings is 1. The number of piperidine rings is 1. The molecule has 4 heterocycles. The van der Waals surface area contributed by atoms with E-state index in [0.717, 1.165) is 57.9 Å². The van der Waals surface area contributed by atoms with Crippen molar-refractivity contribution in [1.29, 1.82) is 0 Å². The van der Waals surface area contributed by atoms with Crippen molar-refractivity contribution in [2.24, 2.45) is 0 Å². The number of H-pyrrole nitrogens is 1. The smallest absolute Gasteiger partial charge is 0.259 e. The third-order valence-electron chi connectivity index (χ3n) is 5.96. The zero-order valence-corrected chi connectivity index (χ0v) is 17.8. The summed E-state index contributed by atoms with van der Waals surface area (Å²) in [5.74, 6) is 0.870. The maximum Gasteiger partial charge on any atom is 0.259 e. The summed E-state index contributed by atoms with van der Waals surface area (Å²) >= 11 is 0. The van der Waals surface area contributed by atoms with Crippen LogP contribution in [0.15, 0.2) is 17.1 Å². The number of pyridine rings is 1. The Labute approximate surface area is 176 Å². The Hall–Kier alpha value is -2.52. The van der Waals surface area contributed by atoms with Crippen LogP contribution >= 0.6 is 0 Å². The van der Waals surface area contributed by atoms with Crippen LogP contribution < -0.4 is 10.5 Å².